The highest BCUT2D eigenvalue weighted by molar-refractivity contribution is 5.79. The van der Waals surface area contributed by atoms with E-state index >= 15 is 0 Å². The summed E-state index contributed by atoms with van der Waals surface area (Å²) in [6, 6.07) is 0. The molecule has 0 spiro atoms. The number of amidine groups is 1. The summed E-state index contributed by atoms with van der Waals surface area (Å²) < 4.78 is 0. The van der Waals surface area contributed by atoms with Crippen LogP contribution in [0, 0.1) is 17.2 Å². The predicted octanol–water partition coefficient (Wildman–Crippen LogP) is 3.28. The van der Waals surface area contributed by atoms with Crippen LogP contribution in [0.3, 0.4) is 0 Å². The molecule has 1 heterocycles. The monoisotopic (exact) mass is 208 g/mol. The number of hydrogen-bond acceptors (Lipinski definition) is 1. The van der Waals surface area contributed by atoms with Gasteiger partial charge < -0.3 is 4.90 Å². The van der Waals surface area contributed by atoms with Gasteiger partial charge in [-0.05, 0) is 31.1 Å². The molecular weight excluding hydrogens is 184 g/mol. The van der Waals surface area contributed by atoms with Gasteiger partial charge in [0.15, 0.2) is 0 Å². The standard InChI is InChI=1S/C13H24N2/c1-2-5-13(14)15-9-8-11-6-3-4-7-12(11)10-15/h11-12,14H,2-10H2,1H3. The number of rotatable bonds is 2. The van der Waals surface area contributed by atoms with Crippen LogP contribution in [0.4, 0.5) is 0 Å². The number of hydrogen-bond donors (Lipinski definition) is 1. The molecule has 2 nitrogen and oxygen atoms in total. The van der Waals surface area contributed by atoms with Crippen LogP contribution in [0.5, 0.6) is 0 Å². The zero-order chi connectivity index (χ0) is 10.7. The van der Waals surface area contributed by atoms with Crippen molar-refractivity contribution >= 4 is 5.84 Å². The second-order valence-electron chi connectivity index (χ2n) is 5.24. The molecule has 2 atom stereocenters. The average Bonchev–Trinajstić information content (AvgIpc) is 2.29. The molecule has 2 rings (SSSR count). The van der Waals surface area contributed by atoms with Gasteiger partial charge >= 0.3 is 0 Å². The quantitative estimate of drug-likeness (QED) is 0.547. The molecule has 86 valence electrons. The van der Waals surface area contributed by atoms with Gasteiger partial charge in [0.25, 0.3) is 0 Å². The van der Waals surface area contributed by atoms with Gasteiger partial charge in [-0.15, -0.1) is 0 Å². The van der Waals surface area contributed by atoms with Gasteiger partial charge in [-0.2, -0.15) is 0 Å². The van der Waals surface area contributed by atoms with Crippen LogP contribution in [0.15, 0.2) is 0 Å². The number of piperidine rings is 1. The van der Waals surface area contributed by atoms with Crippen molar-refractivity contribution in [2.75, 3.05) is 13.1 Å². The molecule has 1 saturated heterocycles. The van der Waals surface area contributed by atoms with Gasteiger partial charge in [0.05, 0.1) is 5.84 Å². The molecule has 2 fully saturated rings. The smallest absolute Gasteiger partial charge is 0.0957 e. The minimum atomic E-state index is 0.890. The van der Waals surface area contributed by atoms with Crippen molar-refractivity contribution in [1.82, 2.24) is 4.90 Å². The van der Waals surface area contributed by atoms with E-state index in [0.717, 1.165) is 37.1 Å². The SMILES string of the molecule is CCCC(=N)N1CCC2CCCCC2C1. The highest BCUT2D eigenvalue weighted by Gasteiger charge is 2.31. The molecule has 1 aliphatic carbocycles. The molecule has 0 amide bonds. The Hall–Kier alpha value is -0.530. The van der Waals surface area contributed by atoms with Crippen molar-refractivity contribution in [2.24, 2.45) is 11.8 Å². The Bertz CT molecular complexity index is 225. The Morgan fingerprint density at radius 1 is 1.20 bits per heavy atom. The fourth-order valence-corrected chi connectivity index (χ4v) is 3.24. The van der Waals surface area contributed by atoms with E-state index in [2.05, 4.69) is 11.8 Å². The van der Waals surface area contributed by atoms with Gasteiger partial charge in [-0.1, -0.05) is 26.2 Å². The van der Waals surface area contributed by atoms with E-state index in [4.69, 9.17) is 5.41 Å². The van der Waals surface area contributed by atoms with Gasteiger partial charge in [-0.3, -0.25) is 5.41 Å². The van der Waals surface area contributed by atoms with Crippen LogP contribution >= 0.6 is 0 Å². The van der Waals surface area contributed by atoms with Crippen molar-refractivity contribution in [2.45, 2.75) is 51.9 Å². The van der Waals surface area contributed by atoms with Gasteiger partial charge in [0.2, 0.25) is 0 Å². The van der Waals surface area contributed by atoms with Crippen molar-refractivity contribution < 1.29 is 0 Å². The summed E-state index contributed by atoms with van der Waals surface area (Å²) in [6.45, 7) is 4.51. The molecule has 0 radical (unpaired) electrons. The third kappa shape index (κ3) is 2.53. The van der Waals surface area contributed by atoms with E-state index in [0.29, 0.717) is 0 Å². The van der Waals surface area contributed by atoms with E-state index in [1.165, 1.54) is 38.6 Å². The summed E-state index contributed by atoms with van der Waals surface area (Å²) >= 11 is 0. The Morgan fingerprint density at radius 3 is 2.67 bits per heavy atom. The Balaban J connectivity index is 1.87. The molecule has 0 bridgehead atoms. The van der Waals surface area contributed by atoms with Crippen LogP contribution in [-0.2, 0) is 0 Å². The summed E-state index contributed by atoms with van der Waals surface area (Å²) in [4.78, 5) is 2.34. The van der Waals surface area contributed by atoms with E-state index < -0.39 is 0 Å². The third-order valence-corrected chi connectivity index (χ3v) is 4.16. The number of fused-ring (bicyclic) bond motifs is 1. The van der Waals surface area contributed by atoms with E-state index in [1.54, 1.807) is 0 Å². The summed E-state index contributed by atoms with van der Waals surface area (Å²) in [5.41, 5.74) is 0. The highest BCUT2D eigenvalue weighted by Crippen LogP contribution is 2.36. The topological polar surface area (TPSA) is 27.1 Å². The summed E-state index contributed by atoms with van der Waals surface area (Å²) in [5, 5.41) is 8.02. The molecular formula is C13H24N2. The lowest BCUT2D eigenvalue weighted by Crippen LogP contribution is -2.44. The van der Waals surface area contributed by atoms with Crippen molar-refractivity contribution in [3.05, 3.63) is 0 Å². The Kier molecular flexibility index (Phi) is 3.66. The maximum Gasteiger partial charge on any atom is 0.0957 e. The second kappa shape index (κ2) is 5.00. The average molecular weight is 208 g/mol. The van der Waals surface area contributed by atoms with Gasteiger partial charge in [-0.25, -0.2) is 0 Å². The first-order valence-corrected chi connectivity index (χ1v) is 6.63. The summed E-state index contributed by atoms with van der Waals surface area (Å²) in [7, 11) is 0. The zero-order valence-corrected chi connectivity index (χ0v) is 9.97. The van der Waals surface area contributed by atoms with Crippen molar-refractivity contribution in [3.8, 4) is 0 Å². The molecule has 0 aromatic heterocycles. The first kappa shape index (κ1) is 11.0. The second-order valence-corrected chi connectivity index (χ2v) is 5.24. The molecule has 0 aromatic rings. The van der Waals surface area contributed by atoms with E-state index in [-0.39, 0.29) is 0 Å². The largest absolute Gasteiger partial charge is 0.360 e. The summed E-state index contributed by atoms with van der Waals surface area (Å²) in [5.74, 6) is 2.79. The molecule has 15 heavy (non-hydrogen) atoms. The van der Waals surface area contributed by atoms with Crippen molar-refractivity contribution in [3.63, 3.8) is 0 Å². The molecule has 2 heteroatoms. The normalized spacial score (nSPS) is 31.1. The molecule has 1 aliphatic heterocycles. The van der Waals surface area contributed by atoms with Crippen LogP contribution in [0.25, 0.3) is 0 Å². The minimum absolute atomic E-state index is 0.890. The molecule has 1 N–H and O–H groups in total. The maximum atomic E-state index is 8.02. The van der Waals surface area contributed by atoms with Gasteiger partial charge in [0, 0.05) is 19.5 Å². The lowest BCUT2D eigenvalue weighted by molar-refractivity contribution is 0.128. The van der Waals surface area contributed by atoms with Gasteiger partial charge in [0.1, 0.15) is 0 Å². The van der Waals surface area contributed by atoms with Crippen LogP contribution in [-0.4, -0.2) is 23.8 Å². The molecule has 1 saturated carbocycles. The lowest BCUT2D eigenvalue weighted by Gasteiger charge is -2.42. The fraction of sp³-hybridized carbons (Fsp3) is 0.923. The first-order chi connectivity index (χ1) is 7.31. The molecule has 2 unspecified atom stereocenters. The first-order valence-electron chi connectivity index (χ1n) is 6.63. The fourth-order valence-electron chi connectivity index (χ4n) is 3.24. The van der Waals surface area contributed by atoms with Crippen LogP contribution in [0.1, 0.15) is 51.9 Å². The van der Waals surface area contributed by atoms with Crippen LogP contribution < -0.4 is 0 Å². The van der Waals surface area contributed by atoms with E-state index in [9.17, 15) is 0 Å². The lowest BCUT2D eigenvalue weighted by atomic mass is 9.75. The number of nitrogens with one attached hydrogen (secondary N) is 1. The zero-order valence-electron chi connectivity index (χ0n) is 9.97. The Labute approximate surface area is 93.6 Å². The van der Waals surface area contributed by atoms with E-state index in [1.807, 2.05) is 0 Å². The number of likely N-dealkylation sites (tertiary alicyclic amines) is 1. The highest BCUT2D eigenvalue weighted by atomic mass is 15.2. The Morgan fingerprint density at radius 2 is 1.93 bits per heavy atom. The molecule has 2 aliphatic rings. The maximum absolute atomic E-state index is 8.02. The van der Waals surface area contributed by atoms with Crippen LogP contribution in [0.2, 0.25) is 0 Å². The predicted molar refractivity (Wildman–Crippen MR) is 64.3 cm³/mol. The summed E-state index contributed by atoms with van der Waals surface area (Å²) in [6.07, 6.45) is 9.18. The molecule has 0 aromatic carbocycles. The minimum Gasteiger partial charge on any atom is -0.360 e. The van der Waals surface area contributed by atoms with Crippen molar-refractivity contribution in [1.29, 1.82) is 5.41 Å². The number of nitrogens with zero attached hydrogens (tertiary/aromatic N) is 1. The third-order valence-electron chi connectivity index (χ3n) is 4.16.